The fourth-order valence-electron chi connectivity index (χ4n) is 1.59. The molecule has 0 amide bonds. The number of benzene rings is 1. The van der Waals surface area contributed by atoms with Crippen molar-refractivity contribution in [2.45, 2.75) is 25.6 Å². The van der Waals surface area contributed by atoms with Crippen LogP contribution in [-0.2, 0) is 6.54 Å². The van der Waals surface area contributed by atoms with Crippen LogP contribution >= 0.6 is 0 Å². The van der Waals surface area contributed by atoms with Crippen molar-refractivity contribution in [3.05, 3.63) is 23.8 Å². The van der Waals surface area contributed by atoms with Crippen molar-refractivity contribution in [3.63, 3.8) is 0 Å². The third kappa shape index (κ3) is 5.83. The lowest BCUT2D eigenvalue weighted by Crippen LogP contribution is -2.11. The van der Waals surface area contributed by atoms with Crippen LogP contribution in [0.1, 0.15) is 18.4 Å². The monoisotopic (exact) mass is 277 g/mol. The van der Waals surface area contributed by atoms with Gasteiger partial charge in [0.25, 0.3) is 0 Å². The highest BCUT2D eigenvalue weighted by molar-refractivity contribution is 5.40. The van der Waals surface area contributed by atoms with Crippen LogP contribution in [0.4, 0.5) is 13.2 Å². The molecular formula is C13H18F3NO2. The summed E-state index contributed by atoms with van der Waals surface area (Å²) in [6, 6.07) is 5.30. The predicted octanol–water partition coefficient (Wildman–Crippen LogP) is 3.14. The maximum absolute atomic E-state index is 12.0. The molecule has 6 heteroatoms. The molecule has 1 aromatic rings. The summed E-state index contributed by atoms with van der Waals surface area (Å²) in [5.41, 5.74) is 0.885. The fourth-order valence-corrected chi connectivity index (χ4v) is 1.59. The Morgan fingerprint density at radius 3 is 2.58 bits per heavy atom. The number of halogens is 3. The van der Waals surface area contributed by atoms with E-state index in [1.165, 1.54) is 7.11 Å². The first-order chi connectivity index (χ1) is 8.96. The Bertz CT molecular complexity index is 394. The maximum atomic E-state index is 12.0. The Hall–Kier alpha value is -1.43. The van der Waals surface area contributed by atoms with Gasteiger partial charge in [-0.2, -0.15) is 13.2 Å². The molecular weight excluding hydrogens is 259 g/mol. The van der Waals surface area contributed by atoms with E-state index in [1.54, 1.807) is 19.2 Å². The van der Waals surface area contributed by atoms with E-state index in [4.69, 9.17) is 9.47 Å². The summed E-state index contributed by atoms with van der Waals surface area (Å²) in [7, 11) is 3.32. The largest absolute Gasteiger partial charge is 0.497 e. The molecule has 0 atom stereocenters. The average Bonchev–Trinajstić information content (AvgIpc) is 2.35. The Morgan fingerprint density at radius 1 is 1.26 bits per heavy atom. The van der Waals surface area contributed by atoms with Gasteiger partial charge in [0.15, 0.2) is 0 Å². The lowest BCUT2D eigenvalue weighted by molar-refractivity contribution is -0.136. The van der Waals surface area contributed by atoms with Gasteiger partial charge in [-0.05, 0) is 19.5 Å². The molecule has 0 saturated heterocycles. The van der Waals surface area contributed by atoms with Crippen molar-refractivity contribution in [2.75, 3.05) is 20.8 Å². The molecule has 1 aromatic carbocycles. The summed E-state index contributed by atoms with van der Waals surface area (Å²) < 4.78 is 46.5. The van der Waals surface area contributed by atoms with Crippen LogP contribution in [-0.4, -0.2) is 26.9 Å². The number of ether oxygens (including phenoxy) is 2. The minimum absolute atomic E-state index is 0.0311. The van der Waals surface area contributed by atoms with Crippen LogP contribution in [0.3, 0.4) is 0 Å². The molecule has 3 nitrogen and oxygen atoms in total. The number of hydrogen-bond acceptors (Lipinski definition) is 3. The van der Waals surface area contributed by atoms with E-state index < -0.39 is 12.6 Å². The summed E-state index contributed by atoms with van der Waals surface area (Å²) in [4.78, 5) is 0. The van der Waals surface area contributed by atoms with E-state index in [1.807, 2.05) is 6.07 Å². The standard InChI is InChI=1S/C13H18F3NO2/c1-17-9-10-4-5-11(18-2)8-12(10)19-7-3-6-13(14,15)16/h4-5,8,17H,3,6-7,9H2,1-2H3. The Kier molecular flexibility index (Phi) is 5.95. The molecule has 0 aromatic heterocycles. The van der Waals surface area contributed by atoms with Crippen molar-refractivity contribution in [3.8, 4) is 11.5 Å². The Balaban J connectivity index is 2.59. The summed E-state index contributed by atoms with van der Waals surface area (Å²) in [5.74, 6) is 1.17. The molecule has 0 aliphatic carbocycles. The summed E-state index contributed by atoms with van der Waals surface area (Å²) in [6.07, 6.45) is -5.02. The molecule has 108 valence electrons. The number of nitrogens with one attached hydrogen (secondary N) is 1. The molecule has 1 rings (SSSR count). The van der Waals surface area contributed by atoms with Crippen molar-refractivity contribution >= 4 is 0 Å². The van der Waals surface area contributed by atoms with E-state index in [9.17, 15) is 13.2 Å². The Morgan fingerprint density at radius 2 is 2.00 bits per heavy atom. The van der Waals surface area contributed by atoms with Gasteiger partial charge in [0.1, 0.15) is 11.5 Å². The zero-order chi connectivity index (χ0) is 14.3. The topological polar surface area (TPSA) is 30.5 Å². The second kappa shape index (κ2) is 7.23. The first kappa shape index (κ1) is 15.6. The van der Waals surface area contributed by atoms with E-state index >= 15 is 0 Å². The minimum atomic E-state index is -4.13. The van der Waals surface area contributed by atoms with E-state index in [0.29, 0.717) is 18.0 Å². The van der Waals surface area contributed by atoms with Gasteiger partial charge in [-0.1, -0.05) is 6.07 Å². The fraction of sp³-hybridized carbons (Fsp3) is 0.538. The van der Waals surface area contributed by atoms with Gasteiger partial charge in [-0.25, -0.2) is 0 Å². The van der Waals surface area contributed by atoms with Crippen LogP contribution in [0, 0.1) is 0 Å². The molecule has 0 bridgehead atoms. The third-order valence-electron chi connectivity index (χ3n) is 2.50. The van der Waals surface area contributed by atoms with Gasteiger partial charge in [-0.3, -0.25) is 0 Å². The first-order valence-electron chi connectivity index (χ1n) is 5.97. The van der Waals surface area contributed by atoms with Crippen molar-refractivity contribution < 1.29 is 22.6 Å². The van der Waals surface area contributed by atoms with Gasteiger partial charge in [0.05, 0.1) is 13.7 Å². The quantitative estimate of drug-likeness (QED) is 0.777. The van der Waals surface area contributed by atoms with E-state index in [2.05, 4.69) is 5.32 Å². The first-order valence-corrected chi connectivity index (χ1v) is 5.97. The molecule has 0 aliphatic heterocycles. The average molecular weight is 277 g/mol. The molecule has 0 radical (unpaired) electrons. The van der Waals surface area contributed by atoms with Crippen molar-refractivity contribution in [1.82, 2.24) is 5.32 Å². The zero-order valence-corrected chi connectivity index (χ0v) is 11.0. The van der Waals surface area contributed by atoms with Crippen LogP contribution in [0.25, 0.3) is 0 Å². The predicted molar refractivity (Wildman–Crippen MR) is 66.5 cm³/mol. The van der Waals surface area contributed by atoms with Gasteiger partial charge in [-0.15, -0.1) is 0 Å². The molecule has 0 saturated carbocycles. The third-order valence-corrected chi connectivity index (χ3v) is 2.50. The van der Waals surface area contributed by atoms with Gasteiger partial charge < -0.3 is 14.8 Å². The summed E-state index contributed by atoms with van der Waals surface area (Å²) >= 11 is 0. The zero-order valence-electron chi connectivity index (χ0n) is 11.0. The molecule has 0 unspecified atom stereocenters. The second-order valence-electron chi connectivity index (χ2n) is 4.07. The molecule has 0 fully saturated rings. The molecule has 19 heavy (non-hydrogen) atoms. The number of hydrogen-bond donors (Lipinski definition) is 1. The number of alkyl halides is 3. The normalized spacial score (nSPS) is 11.4. The van der Waals surface area contributed by atoms with Crippen LogP contribution in [0.15, 0.2) is 18.2 Å². The lowest BCUT2D eigenvalue weighted by Gasteiger charge is -2.13. The SMILES string of the molecule is CNCc1ccc(OC)cc1OCCCC(F)(F)F. The maximum Gasteiger partial charge on any atom is 0.389 e. The van der Waals surface area contributed by atoms with Crippen molar-refractivity contribution in [1.29, 1.82) is 0 Å². The van der Waals surface area contributed by atoms with Crippen LogP contribution in [0.2, 0.25) is 0 Å². The summed E-state index contributed by atoms with van der Waals surface area (Å²) in [5, 5.41) is 2.98. The van der Waals surface area contributed by atoms with Gasteiger partial charge in [0.2, 0.25) is 0 Å². The molecule has 0 spiro atoms. The highest BCUT2D eigenvalue weighted by Gasteiger charge is 2.26. The van der Waals surface area contributed by atoms with Crippen LogP contribution < -0.4 is 14.8 Å². The lowest BCUT2D eigenvalue weighted by atomic mass is 10.2. The smallest absolute Gasteiger partial charge is 0.389 e. The Labute approximate surface area is 110 Å². The van der Waals surface area contributed by atoms with Crippen molar-refractivity contribution in [2.24, 2.45) is 0 Å². The second-order valence-corrected chi connectivity index (χ2v) is 4.07. The molecule has 0 aliphatic rings. The molecule has 1 N–H and O–H groups in total. The summed E-state index contributed by atoms with van der Waals surface area (Å²) in [6.45, 7) is 0.613. The highest BCUT2D eigenvalue weighted by atomic mass is 19.4. The number of rotatable bonds is 7. The highest BCUT2D eigenvalue weighted by Crippen LogP contribution is 2.26. The van der Waals surface area contributed by atoms with Gasteiger partial charge in [0, 0.05) is 24.6 Å². The minimum Gasteiger partial charge on any atom is -0.497 e. The van der Waals surface area contributed by atoms with E-state index in [-0.39, 0.29) is 13.0 Å². The van der Waals surface area contributed by atoms with E-state index in [0.717, 1.165) is 5.56 Å². The van der Waals surface area contributed by atoms with Gasteiger partial charge >= 0.3 is 6.18 Å². The molecule has 0 heterocycles. The number of methoxy groups -OCH3 is 1. The van der Waals surface area contributed by atoms with Crippen LogP contribution in [0.5, 0.6) is 11.5 Å².